The molecule has 3 fully saturated rings. The van der Waals surface area contributed by atoms with Crippen LogP contribution in [0, 0.1) is 11.8 Å². The van der Waals surface area contributed by atoms with Gasteiger partial charge in [0.15, 0.2) is 0 Å². The molecule has 3 aliphatic rings. The topological polar surface area (TPSA) is 20.2 Å². The predicted octanol–water partition coefficient (Wildman–Crippen LogP) is 3.83. The summed E-state index contributed by atoms with van der Waals surface area (Å²) in [6.07, 6.45) is 2.07. The summed E-state index contributed by atoms with van der Waals surface area (Å²) in [5.74, 6) is 0.615. The molecule has 3 saturated heterocycles. The number of halogens is 1. The fourth-order valence-electron chi connectivity index (χ4n) is 4.41. The van der Waals surface area contributed by atoms with Crippen LogP contribution >= 0.6 is 22.7 Å². The Labute approximate surface area is 138 Å². The Morgan fingerprint density at radius 2 is 1.73 bits per heavy atom. The maximum absolute atomic E-state index is 13.7. The highest BCUT2D eigenvalue weighted by Crippen LogP contribution is 2.51. The average Bonchev–Trinajstić information content (AvgIpc) is 3.29. The molecular weight excluding hydrogens is 317 g/mol. The minimum atomic E-state index is -0.952. The van der Waals surface area contributed by atoms with Crippen LogP contribution in [0.3, 0.4) is 0 Å². The lowest BCUT2D eigenvalue weighted by Gasteiger charge is -2.54. The number of alkyl halides is 1. The van der Waals surface area contributed by atoms with Gasteiger partial charge in [-0.15, -0.1) is 22.7 Å². The standard InChI is InChI=1S/C17H21FNOS2/c18-12-19-7-5-13(6-8-19)14(11-19)17(20,15-3-1-9-21-15)16-4-2-10-22-16/h1-4,9-10,13-14,20H,5-8,11-12H2/q+1/t13?,14-,19?/m0/s1. The molecule has 22 heavy (non-hydrogen) atoms. The molecule has 2 nitrogen and oxygen atoms in total. The summed E-state index contributed by atoms with van der Waals surface area (Å²) >= 11 is 3.22. The van der Waals surface area contributed by atoms with Crippen LogP contribution in [0.1, 0.15) is 22.6 Å². The molecule has 5 heteroatoms. The fraction of sp³-hybridized carbons (Fsp3) is 0.529. The molecule has 2 bridgehead atoms. The van der Waals surface area contributed by atoms with E-state index in [1.54, 1.807) is 22.7 Å². The maximum Gasteiger partial charge on any atom is 0.222 e. The molecule has 0 aromatic carbocycles. The third-order valence-electron chi connectivity index (χ3n) is 5.69. The molecule has 0 radical (unpaired) electrons. The lowest BCUT2D eigenvalue weighted by Crippen LogP contribution is -2.65. The van der Waals surface area contributed by atoms with Gasteiger partial charge in [0.2, 0.25) is 6.80 Å². The van der Waals surface area contributed by atoms with Crippen LogP contribution in [0.15, 0.2) is 35.0 Å². The smallest absolute Gasteiger partial charge is 0.222 e. The number of rotatable bonds is 4. The van der Waals surface area contributed by atoms with E-state index in [4.69, 9.17) is 0 Å². The minimum Gasteiger partial charge on any atom is -0.378 e. The number of nitrogens with zero attached hydrogens (tertiary/aromatic N) is 1. The van der Waals surface area contributed by atoms with Gasteiger partial charge in [0.1, 0.15) is 5.60 Å². The third kappa shape index (κ3) is 2.10. The van der Waals surface area contributed by atoms with E-state index in [2.05, 4.69) is 0 Å². The monoisotopic (exact) mass is 338 g/mol. The zero-order valence-corrected chi connectivity index (χ0v) is 14.1. The molecule has 118 valence electrons. The van der Waals surface area contributed by atoms with Crippen molar-refractivity contribution < 1.29 is 14.0 Å². The SMILES string of the molecule is OC(c1cccs1)(c1cccs1)[C@H]1C[N+]2(CF)CCC1CC2. The molecule has 2 aromatic heterocycles. The number of quaternary nitrogens is 1. The molecular formula is C17H21FNOS2+. The molecule has 5 heterocycles. The van der Waals surface area contributed by atoms with Crippen LogP contribution in [0.25, 0.3) is 0 Å². The van der Waals surface area contributed by atoms with Gasteiger partial charge in [0.05, 0.1) is 25.6 Å². The lowest BCUT2D eigenvalue weighted by atomic mass is 9.68. The van der Waals surface area contributed by atoms with E-state index in [-0.39, 0.29) is 12.7 Å². The number of fused-ring (bicyclic) bond motifs is 3. The van der Waals surface area contributed by atoms with Crippen LogP contribution < -0.4 is 0 Å². The average molecular weight is 338 g/mol. The van der Waals surface area contributed by atoms with Crippen LogP contribution in [-0.4, -0.2) is 36.0 Å². The molecule has 1 atom stereocenters. The predicted molar refractivity (Wildman–Crippen MR) is 88.7 cm³/mol. The Balaban J connectivity index is 1.79. The lowest BCUT2D eigenvalue weighted by molar-refractivity contribution is -0.958. The van der Waals surface area contributed by atoms with Crippen molar-refractivity contribution in [1.82, 2.24) is 0 Å². The Kier molecular flexibility index (Phi) is 3.64. The Morgan fingerprint density at radius 3 is 2.18 bits per heavy atom. The molecule has 0 spiro atoms. The van der Waals surface area contributed by atoms with Crippen molar-refractivity contribution in [3.05, 3.63) is 44.8 Å². The van der Waals surface area contributed by atoms with Crippen LogP contribution in [0.2, 0.25) is 0 Å². The first-order valence-electron chi connectivity index (χ1n) is 7.89. The number of aliphatic hydroxyl groups is 1. The van der Waals surface area contributed by atoms with E-state index in [9.17, 15) is 9.50 Å². The van der Waals surface area contributed by atoms with E-state index < -0.39 is 5.60 Å². The Hall–Kier alpha value is -0.750. The first-order chi connectivity index (χ1) is 10.7. The second-order valence-electron chi connectivity index (χ2n) is 6.76. The highest BCUT2D eigenvalue weighted by Gasteiger charge is 2.55. The summed E-state index contributed by atoms with van der Waals surface area (Å²) in [6, 6.07) is 8.06. The van der Waals surface area contributed by atoms with Gasteiger partial charge in [0.25, 0.3) is 0 Å². The molecule has 0 unspecified atom stereocenters. The molecule has 0 saturated carbocycles. The second kappa shape index (κ2) is 5.41. The van der Waals surface area contributed by atoms with Crippen LogP contribution in [0.5, 0.6) is 0 Å². The van der Waals surface area contributed by atoms with Gasteiger partial charge in [-0.1, -0.05) is 12.1 Å². The summed E-state index contributed by atoms with van der Waals surface area (Å²) in [6.45, 7) is 2.33. The molecule has 5 rings (SSSR count). The van der Waals surface area contributed by atoms with Gasteiger partial charge in [-0.3, -0.25) is 4.48 Å². The van der Waals surface area contributed by atoms with Crippen molar-refractivity contribution in [2.24, 2.45) is 11.8 Å². The van der Waals surface area contributed by atoms with Gasteiger partial charge >= 0.3 is 0 Å². The largest absolute Gasteiger partial charge is 0.378 e. The zero-order chi connectivity index (χ0) is 15.2. The van der Waals surface area contributed by atoms with Crippen molar-refractivity contribution >= 4 is 22.7 Å². The molecule has 2 aromatic rings. The first kappa shape index (κ1) is 14.8. The summed E-state index contributed by atoms with van der Waals surface area (Å²) in [5.41, 5.74) is -0.952. The number of hydrogen-bond acceptors (Lipinski definition) is 3. The Bertz CT molecular complexity index is 583. The highest BCUT2D eigenvalue weighted by molar-refractivity contribution is 7.11. The van der Waals surface area contributed by atoms with Crippen molar-refractivity contribution in [1.29, 1.82) is 0 Å². The number of piperidine rings is 3. The fourth-order valence-corrected chi connectivity index (χ4v) is 6.27. The quantitative estimate of drug-likeness (QED) is 0.663. The first-order valence-corrected chi connectivity index (χ1v) is 9.65. The van der Waals surface area contributed by atoms with Crippen LogP contribution in [0.4, 0.5) is 4.39 Å². The van der Waals surface area contributed by atoms with E-state index in [1.807, 2.05) is 35.0 Å². The normalized spacial score (nSPS) is 31.5. The number of hydrogen-bond donors (Lipinski definition) is 1. The van der Waals surface area contributed by atoms with Gasteiger partial charge in [-0.05, 0) is 28.8 Å². The Morgan fingerprint density at radius 1 is 1.14 bits per heavy atom. The highest BCUT2D eigenvalue weighted by atomic mass is 32.1. The summed E-state index contributed by atoms with van der Waals surface area (Å²) in [7, 11) is 0. The van der Waals surface area contributed by atoms with E-state index in [0.29, 0.717) is 10.4 Å². The van der Waals surface area contributed by atoms with E-state index in [1.165, 1.54) is 0 Å². The van der Waals surface area contributed by atoms with Crippen molar-refractivity contribution in [2.45, 2.75) is 18.4 Å². The second-order valence-corrected chi connectivity index (χ2v) is 8.65. The van der Waals surface area contributed by atoms with Crippen molar-refractivity contribution in [3.8, 4) is 0 Å². The third-order valence-corrected chi connectivity index (χ3v) is 7.67. The van der Waals surface area contributed by atoms with Crippen molar-refractivity contribution in [2.75, 3.05) is 26.4 Å². The maximum atomic E-state index is 13.7. The zero-order valence-electron chi connectivity index (χ0n) is 12.5. The summed E-state index contributed by atoms with van der Waals surface area (Å²) < 4.78 is 14.2. The van der Waals surface area contributed by atoms with Gasteiger partial charge < -0.3 is 5.11 Å². The van der Waals surface area contributed by atoms with Gasteiger partial charge in [-0.25, -0.2) is 0 Å². The summed E-state index contributed by atoms with van der Waals surface area (Å²) in [4.78, 5) is 2.01. The van der Waals surface area contributed by atoms with Gasteiger partial charge in [-0.2, -0.15) is 4.39 Å². The summed E-state index contributed by atoms with van der Waals surface area (Å²) in [5, 5.41) is 15.8. The van der Waals surface area contributed by atoms with Crippen LogP contribution in [-0.2, 0) is 5.60 Å². The van der Waals surface area contributed by atoms with Gasteiger partial charge in [0, 0.05) is 22.6 Å². The molecule has 0 amide bonds. The molecule has 3 aliphatic heterocycles. The molecule has 1 N–H and O–H groups in total. The minimum absolute atomic E-state index is 0.114. The van der Waals surface area contributed by atoms with Crippen molar-refractivity contribution in [3.63, 3.8) is 0 Å². The van der Waals surface area contributed by atoms with E-state index >= 15 is 0 Å². The van der Waals surface area contributed by atoms with E-state index in [0.717, 1.165) is 42.2 Å². The molecule has 0 aliphatic carbocycles. The number of thiophene rings is 2.